The Bertz CT molecular complexity index is 541. The van der Waals surface area contributed by atoms with Gasteiger partial charge < -0.3 is 42.7 Å². The first-order valence-corrected chi connectivity index (χ1v) is 8.93. The molecule has 28 heavy (non-hydrogen) atoms. The fourth-order valence-electron chi connectivity index (χ4n) is 2.17. The third kappa shape index (κ3) is 9.08. The molecule has 0 aliphatic carbocycles. The molecule has 0 aromatic rings. The number of nitrogens with two attached hydrogens (primary N) is 2. The Labute approximate surface area is 163 Å². The van der Waals surface area contributed by atoms with Crippen LogP contribution < -0.4 is 27.4 Å². The van der Waals surface area contributed by atoms with E-state index in [0.29, 0.717) is 19.4 Å². The van der Waals surface area contributed by atoms with Crippen molar-refractivity contribution in [3.63, 3.8) is 0 Å². The van der Waals surface area contributed by atoms with E-state index in [-0.39, 0.29) is 6.42 Å². The minimum absolute atomic E-state index is 0.229. The Morgan fingerprint density at radius 1 is 0.929 bits per heavy atom. The lowest BCUT2D eigenvalue weighted by molar-refractivity contribution is -0.145. The Hall–Kier alpha value is -2.28. The number of aliphatic hydroxyl groups is 2. The first-order chi connectivity index (χ1) is 13.0. The standard InChI is InChI=1S/C16H31N5O7/c1-8(18)13(24)19-10(5-3-4-6-17)14(25)20-11(7-22)15(26)21-12(9(2)23)16(27)28/h8-12,22-23H,3-7,17-18H2,1-2H3,(H,19,24)(H,20,25)(H,21,26)(H,27,28)/t8-,9+,10-,11-,12-/m0/s1. The zero-order chi connectivity index (χ0) is 21.9. The van der Waals surface area contributed by atoms with Crippen molar-refractivity contribution < 1.29 is 34.5 Å². The molecule has 0 aromatic heterocycles. The van der Waals surface area contributed by atoms with Crippen LogP contribution in [0.5, 0.6) is 0 Å². The van der Waals surface area contributed by atoms with Crippen molar-refractivity contribution in [3.8, 4) is 0 Å². The molecule has 0 aliphatic rings. The SMILES string of the molecule is C[C@H](N)C(=O)N[C@@H](CCCCN)C(=O)N[C@@H](CO)C(=O)N[C@H](C(=O)O)[C@@H](C)O. The summed E-state index contributed by atoms with van der Waals surface area (Å²) < 4.78 is 0. The number of aliphatic hydroxyl groups excluding tert-OH is 2. The number of hydrogen-bond donors (Lipinski definition) is 8. The highest BCUT2D eigenvalue weighted by Crippen LogP contribution is 2.03. The Morgan fingerprint density at radius 2 is 1.46 bits per heavy atom. The summed E-state index contributed by atoms with van der Waals surface area (Å²) >= 11 is 0. The minimum Gasteiger partial charge on any atom is -0.480 e. The van der Waals surface area contributed by atoms with Gasteiger partial charge in [-0.1, -0.05) is 0 Å². The van der Waals surface area contributed by atoms with Gasteiger partial charge in [0.2, 0.25) is 17.7 Å². The summed E-state index contributed by atoms with van der Waals surface area (Å²) in [4.78, 5) is 47.5. The quantitative estimate of drug-likeness (QED) is 0.142. The van der Waals surface area contributed by atoms with E-state index >= 15 is 0 Å². The molecule has 0 radical (unpaired) electrons. The molecule has 0 aromatic carbocycles. The van der Waals surface area contributed by atoms with Gasteiger partial charge in [-0.15, -0.1) is 0 Å². The number of amides is 3. The molecule has 0 spiro atoms. The fourth-order valence-corrected chi connectivity index (χ4v) is 2.17. The van der Waals surface area contributed by atoms with E-state index in [1.165, 1.54) is 13.8 Å². The van der Waals surface area contributed by atoms with Gasteiger partial charge in [0.1, 0.15) is 12.1 Å². The molecule has 0 saturated carbocycles. The summed E-state index contributed by atoms with van der Waals surface area (Å²) in [5.41, 5.74) is 10.9. The normalized spacial score (nSPS) is 16.2. The molecule has 12 heteroatoms. The highest BCUT2D eigenvalue weighted by molar-refractivity contribution is 5.94. The van der Waals surface area contributed by atoms with E-state index in [1.54, 1.807) is 0 Å². The predicted octanol–water partition coefficient (Wildman–Crippen LogP) is -3.63. The van der Waals surface area contributed by atoms with E-state index in [0.717, 1.165) is 0 Å². The molecule has 5 atom stereocenters. The summed E-state index contributed by atoms with van der Waals surface area (Å²) in [6.07, 6.45) is -0.0402. The smallest absolute Gasteiger partial charge is 0.328 e. The predicted molar refractivity (Wildman–Crippen MR) is 98.7 cm³/mol. The van der Waals surface area contributed by atoms with Crippen molar-refractivity contribution in [2.45, 2.75) is 63.4 Å². The number of rotatable bonds is 13. The topological polar surface area (TPSA) is 217 Å². The molecule has 10 N–H and O–H groups in total. The summed E-state index contributed by atoms with van der Waals surface area (Å²) in [7, 11) is 0. The molecule has 0 unspecified atom stereocenters. The number of nitrogens with one attached hydrogen (secondary N) is 3. The van der Waals surface area contributed by atoms with E-state index in [1.807, 2.05) is 5.32 Å². The van der Waals surface area contributed by atoms with Gasteiger partial charge in [-0.25, -0.2) is 4.79 Å². The zero-order valence-electron chi connectivity index (χ0n) is 16.1. The van der Waals surface area contributed by atoms with Gasteiger partial charge in [0.05, 0.1) is 18.8 Å². The summed E-state index contributed by atoms with van der Waals surface area (Å²) in [6, 6.07) is -4.96. The van der Waals surface area contributed by atoms with Crippen molar-refractivity contribution in [1.29, 1.82) is 0 Å². The maximum atomic E-state index is 12.5. The number of unbranched alkanes of at least 4 members (excludes halogenated alkanes) is 1. The largest absolute Gasteiger partial charge is 0.480 e. The van der Waals surface area contributed by atoms with Crippen molar-refractivity contribution in [2.75, 3.05) is 13.2 Å². The third-order valence-corrected chi connectivity index (χ3v) is 3.86. The molecule has 0 fully saturated rings. The Kier molecular flexibility index (Phi) is 11.9. The molecule has 0 aliphatic heterocycles. The van der Waals surface area contributed by atoms with Gasteiger partial charge in [-0.2, -0.15) is 0 Å². The molecule has 0 heterocycles. The molecule has 0 bridgehead atoms. The van der Waals surface area contributed by atoms with Crippen LogP contribution in [0.25, 0.3) is 0 Å². The molecule has 162 valence electrons. The number of carboxylic acids is 1. The average molecular weight is 405 g/mol. The van der Waals surface area contributed by atoms with E-state index in [4.69, 9.17) is 16.6 Å². The molecule has 12 nitrogen and oxygen atoms in total. The van der Waals surface area contributed by atoms with Gasteiger partial charge in [-0.3, -0.25) is 14.4 Å². The fraction of sp³-hybridized carbons (Fsp3) is 0.750. The lowest BCUT2D eigenvalue weighted by Gasteiger charge is -2.24. The van der Waals surface area contributed by atoms with Gasteiger partial charge in [0.25, 0.3) is 0 Å². The van der Waals surface area contributed by atoms with Crippen LogP contribution in [0.1, 0.15) is 33.1 Å². The second-order valence-electron chi connectivity index (χ2n) is 6.44. The van der Waals surface area contributed by atoms with Crippen LogP contribution in [0.3, 0.4) is 0 Å². The van der Waals surface area contributed by atoms with Gasteiger partial charge in [0.15, 0.2) is 6.04 Å². The van der Waals surface area contributed by atoms with Crippen LogP contribution in [0.15, 0.2) is 0 Å². The lowest BCUT2D eigenvalue weighted by atomic mass is 10.1. The van der Waals surface area contributed by atoms with Crippen LogP contribution >= 0.6 is 0 Å². The first kappa shape index (κ1) is 25.7. The molecule has 3 amide bonds. The Morgan fingerprint density at radius 3 is 1.89 bits per heavy atom. The number of aliphatic carboxylic acids is 1. The summed E-state index contributed by atoms with van der Waals surface area (Å²) in [6.45, 7) is 2.19. The Balaban J connectivity index is 5.11. The van der Waals surface area contributed by atoms with Crippen LogP contribution in [0.2, 0.25) is 0 Å². The first-order valence-electron chi connectivity index (χ1n) is 8.93. The van der Waals surface area contributed by atoms with E-state index < -0.39 is 60.6 Å². The van der Waals surface area contributed by atoms with Crippen LogP contribution in [-0.2, 0) is 19.2 Å². The summed E-state index contributed by atoms with van der Waals surface area (Å²) in [5, 5.41) is 34.6. The zero-order valence-corrected chi connectivity index (χ0v) is 16.1. The summed E-state index contributed by atoms with van der Waals surface area (Å²) in [5.74, 6) is -3.79. The van der Waals surface area contributed by atoms with E-state index in [2.05, 4.69) is 10.6 Å². The maximum absolute atomic E-state index is 12.5. The molecular weight excluding hydrogens is 374 g/mol. The maximum Gasteiger partial charge on any atom is 0.328 e. The number of carboxylic acid groups (broad SMARTS) is 1. The van der Waals surface area contributed by atoms with Gasteiger partial charge in [-0.05, 0) is 39.7 Å². The van der Waals surface area contributed by atoms with Gasteiger partial charge in [0, 0.05) is 0 Å². The molecule has 0 saturated heterocycles. The minimum atomic E-state index is -1.61. The third-order valence-electron chi connectivity index (χ3n) is 3.86. The van der Waals surface area contributed by atoms with Crippen molar-refractivity contribution in [2.24, 2.45) is 11.5 Å². The molecule has 0 rings (SSSR count). The average Bonchev–Trinajstić information content (AvgIpc) is 2.62. The molecular formula is C16H31N5O7. The lowest BCUT2D eigenvalue weighted by Crippen LogP contribution is -2.59. The highest BCUT2D eigenvalue weighted by Gasteiger charge is 2.31. The second-order valence-corrected chi connectivity index (χ2v) is 6.44. The highest BCUT2D eigenvalue weighted by atomic mass is 16.4. The van der Waals surface area contributed by atoms with E-state index in [9.17, 15) is 29.4 Å². The second kappa shape index (κ2) is 13.0. The van der Waals surface area contributed by atoms with Crippen molar-refractivity contribution >= 4 is 23.7 Å². The number of carbonyl (C=O) groups is 4. The van der Waals surface area contributed by atoms with Crippen LogP contribution in [0.4, 0.5) is 0 Å². The monoisotopic (exact) mass is 405 g/mol. The van der Waals surface area contributed by atoms with Crippen LogP contribution in [0, 0.1) is 0 Å². The van der Waals surface area contributed by atoms with Crippen LogP contribution in [-0.4, -0.2) is 82.4 Å². The number of carbonyl (C=O) groups excluding carboxylic acids is 3. The van der Waals surface area contributed by atoms with Gasteiger partial charge >= 0.3 is 5.97 Å². The number of hydrogen-bond acceptors (Lipinski definition) is 8. The van der Waals surface area contributed by atoms with Crippen molar-refractivity contribution in [3.05, 3.63) is 0 Å². The van der Waals surface area contributed by atoms with Crippen molar-refractivity contribution in [1.82, 2.24) is 16.0 Å².